The summed E-state index contributed by atoms with van der Waals surface area (Å²) in [6.45, 7) is 1.95. The van der Waals surface area contributed by atoms with E-state index in [0.29, 0.717) is 45.1 Å². The first-order valence-corrected chi connectivity index (χ1v) is 17.2. The lowest BCUT2D eigenvalue weighted by molar-refractivity contribution is -0.138. The van der Waals surface area contributed by atoms with E-state index < -0.39 is 23.6 Å². The van der Waals surface area contributed by atoms with Gasteiger partial charge in [-0.3, -0.25) is 19.4 Å². The Balaban J connectivity index is 1.33. The van der Waals surface area contributed by atoms with Gasteiger partial charge in [-0.2, -0.15) is 24.9 Å². The number of alkyl halides is 3. The van der Waals surface area contributed by atoms with Crippen LogP contribution < -0.4 is 15.5 Å². The van der Waals surface area contributed by atoms with Crippen molar-refractivity contribution >= 4 is 40.9 Å². The van der Waals surface area contributed by atoms with E-state index in [1.807, 2.05) is 24.3 Å². The molecular formula is C37H37F3N4O4S. The van der Waals surface area contributed by atoms with Crippen LogP contribution in [0.2, 0.25) is 0 Å². The fraction of sp³-hybridized carbons (Fsp3) is 0.297. The molecule has 0 radical (unpaired) electrons. The van der Waals surface area contributed by atoms with Crippen molar-refractivity contribution in [2.75, 3.05) is 35.6 Å². The minimum absolute atomic E-state index is 0.0672. The normalized spacial score (nSPS) is 13.2. The number of piperidine rings is 1. The van der Waals surface area contributed by atoms with Crippen LogP contribution in [0.25, 0.3) is 11.3 Å². The van der Waals surface area contributed by atoms with Gasteiger partial charge in [-0.05, 0) is 85.3 Å². The first-order chi connectivity index (χ1) is 23.6. The number of hydrogen-bond donors (Lipinski definition) is 3. The minimum Gasteiger partial charge on any atom is -0.481 e. The molecule has 2 heterocycles. The van der Waals surface area contributed by atoms with Crippen molar-refractivity contribution in [1.82, 2.24) is 10.3 Å². The van der Waals surface area contributed by atoms with E-state index in [9.17, 15) is 27.6 Å². The molecule has 3 aromatic carbocycles. The number of aromatic nitrogens is 1. The molecule has 1 aliphatic rings. The van der Waals surface area contributed by atoms with E-state index in [1.165, 1.54) is 30.4 Å². The zero-order chi connectivity index (χ0) is 34.8. The molecule has 0 spiro atoms. The SMILES string of the molecule is O=C(O)CCSCc1cccc(C(=O)Nc2ccc(N3CCCCC3)cc2-c2cc(C(=O)NCCc3cccc(C(F)(F)F)c3)ccn2)c1. The summed E-state index contributed by atoms with van der Waals surface area (Å²) in [5.74, 6) is -0.530. The molecule has 0 atom stereocenters. The first kappa shape index (κ1) is 35.5. The number of pyridine rings is 1. The van der Waals surface area contributed by atoms with Crippen molar-refractivity contribution in [2.24, 2.45) is 0 Å². The highest BCUT2D eigenvalue weighted by Crippen LogP contribution is 2.33. The van der Waals surface area contributed by atoms with E-state index in [1.54, 1.807) is 36.4 Å². The lowest BCUT2D eigenvalue weighted by Crippen LogP contribution is -2.29. The van der Waals surface area contributed by atoms with Gasteiger partial charge >= 0.3 is 12.1 Å². The summed E-state index contributed by atoms with van der Waals surface area (Å²) in [4.78, 5) is 44.3. The van der Waals surface area contributed by atoms with Gasteiger partial charge in [0.2, 0.25) is 0 Å². The standard InChI is InChI=1S/C37H37F3N4O4S/c38-37(39,40)29-9-5-6-25(21-29)12-15-42-35(47)28-13-16-41-33(22-28)31-23-30(44-17-2-1-3-18-44)10-11-32(31)43-36(48)27-8-4-7-26(20-27)24-49-19-14-34(45)46/h4-11,13,16,20-23H,1-3,12,14-15,17-19,24H2,(H,42,47)(H,43,48)(H,45,46). The topological polar surface area (TPSA) is 112 Å². The predicted octanol–water partition coefficient (Wildman–Crippen LogP) is 7.69. The zero-order valence-electron chi connectivity index (χ0n) is 26.8. The summed E-state index contributed by atoms with van der Waals surface area (Å²) in [7, 11) is 0. The number of nitrogens with one attached hydrogen (secondary N) is 2. The Bertz CT molecular complexity index is 1790. The fourth-order valence-corrected chi connectivity index (χ4v) is 6.47. The van der Waals surface area contributed by atoms with Gasteiger partial charge in [0.15, 0.2) is 0 Å². The predicted molar refractivity (Wildman–Crippen MR) is 186 cm³/mol. The van der Waals surface area contributed by atoms with Gasteiger partial charge in [0, 0.05) is 59.7 Å². The van der Waals surface area contributed by atoms with Gasteiger partial charge in [-0.25, -0.2) is 0 Å². The summed E-state index contributed by atoms with van der Waals surface area (Å²) >= 11 is 1.48. The molecule has 1 aliphatic heterocycles. The van der Waals surface area contributed by atoms with Gasteiger partial charge in [0.05, 0.1) is 23.4 Å². The molecule has 0 saturated carbocycles. The van der Waals surface area contributed by atoms with Crippen molar-refractivity contribution < 1.29 is 32.7 Å². The Kier molecular flexibility index (Phi) is 12.0. The van der Waals surface area contributed by atoms with Crippen LogP contribution in [0.5, 0.6) is 0 Å². The number of carboxylic acids is 1. The maximum absolute atomic E-state index is 13.5. The lowest BCUT2D eigenvalue weighted by atomic mass is 10.0. The molecular weight excluding hydrogens is 653 g/mol. The monoisotopic (exact) mass is 690 g/mol. The number of amides is 2. The molecule has 3 N–H and O–H groups in total. The number of aliphatic carboxylic acids is 1. The van der Waals surface area contributed by atoms with Crippen LogP contribution in [0.1, 0.15) is 63.1 Å². The van der Waals surface area contributed by atoms with Gasteiger partial charge in [0.1, 0.15) is 0 Å². The van der Waals surface area contributed by atoms with E-state index in [-0.39, 0.29) is 25.3 Å². The molecule has 1 fully saturated rings. The minimum atomic E-state index is -4.44. The summed E-state index contributed by atoms with van der Waals surface area (Å²) in [6.07, 6.45) is 0.689. The van der Waals surface area contributed by atoms with Gasteiger partial charge in [0.25, 0.3) is 11.8 Å². The maximum atomic E-state index is 13.5. The summed E-state index contributed by atoms with van der Waals surface area (Å²) in [5, 5.41) is 14.7. The average molecular weight is 691 g/mol. The van der Waals surface area contributed by atoms with Crippen molar-refractivity contribution in [1.29, 1.82) is 0 Å². The van der Waals surface area contributed by atoms with Gasteiger partial charge in [-0.15, -0.1) is 0 Å². The smallest absolute Gasteiger partial charge is 0.416 e. The number of carbonyl (C=O) groups excluding carboxylic acids is 2. The van der Waals surface area contributed by atoms with Crippen molar-refractivity contribution in [3.8, 4) is 11.3 Å². The highest BCUT2D eigenvalue weighted by atomic mass is 32.2. The molecule has 4 aromatic rings. The van der Waals surface area contributed by atoms with Crippen molar-refractivity contribution in [2.45, 2.75) is 44.0 Å². The number of benzene rings is 3. The van der Waals surface area contributed by atoms with Crippen molar-refractivity contribution in [3.63, 3.8) is 0 Å². The van der Waals surface area contributed by atoms with E-state index in [2.05, 4.69) is 20.5 Å². The average Bonchev–Trinajstić information content (AvgIpc) is 3.10. The van der Waals surface area contributed by atoms with Crippen LogP contribution in [-0.2, 0) is 23.1 Å². The number of carbonyl (C=O) groups is 3. The quantitative estimate of drug-likeness (QED) is 0.123. The molecule has 0 bridgehead atoms. The number of nitrogens with zero attached hydrogens (tertiary/aromatic N) is 2. The number of halogens is 3. The maximum Gasteiger partial charge on any atom is 0.416 e. The second kappa shape index (κ2) is 16.5. The van der Waals surface area contributed by atoms with E-state index in [0.717, 1.165) is 49.3 Å². The number of rotatable bonds is 13. The van der Waals surface area contributed by atoms with Crippen LogP contribution in [0.4, 0.5) is 24.5 Å². The van der Waals surface area contributed by atoms with Crippen LogP contribution in [-0.4, -0.2) is 53.3 Å². The fourth-order valence-electron chi connectivity index (χ4n) is 5.59. The molecule has 5 rings (SSSR count). The third-order valence-corrected chi connectivity index (χ3v) is 9.17. The van der Waals surface area contributed by atoms with Crippen LogP contribution in [0.15, 0.2) is 85.1 Å². The van der Waals surface area contributed by atoms with Crippen LogP contribution >= 0.6 is 11.8 Å². The molecule has 1 aromatic heterocycles. The Labute approximate surface area is 287 Å². The molecule has 0 aliphatic carbocycles. The van der Waals surface area contributed by atoms with Gasteiger partial charge in [-0.1, -0.05) is 30.3 Å². The molecule has 2 amide bonds. The van der Waals surface area contributed by atoms with E-state index in [4.69, 9.17) is 5.11 Å². The number of carboxylic acid groups (broad SMARTS) is 1. The molecule has 49 heavy (non-hydrogen) atoms. The molecule has 1 saturated heterocycles. The zero-order valence-corrected chi connectivity index (χ0v) is 27.6. The molecule has 12 heteroatoms. The van der Waals surface area contributed by atoms with E-state index >= 15 is 0 Å². The first-order valence-electron chi connectivity index (χ1n) is 16.1. The molecule has 256 valence electrons. The lowest BCUT2D eigenvalue weighted by Gasteiger charge is -2.29. The second-order valence-electron chi connectivity index (χ2n) is 11.8. The third kappa shape index (κ3) is 10.1. The second-order valence-corrected chi connectivity index (χ2v) is 12.9. The number of hydrogen-bond acceptors (Lipinski definition) is 6. The Morgan fingerprint density at radius 3 is 2.39 bits per heavy atom. The largest absolute Gasteiger partial charge is 0.481 e. The molecule has 0 unspecified atom stereocenters. The van der Waals surface area contributed by atoms with Gasteiger partial charge < -0.3 is 20.6 Å². The number of thioether (sulfide) groups is 1. The molecule has 8 nitrogen and oxygen atoms in total. The highest BCUT2D eigenvalue weighted by molar-refractivity contribution is 7.98. The summed E-state index contributed by atoms with van der Waals surface area (Å²) < 4.78 is 39.3. The third-order valence-electron chi connectivity index (χ3n) is 8.14. The Morgan fingerprint density at radius 1 is 0.857 bits per heavy atom. The van der Waals surface area contributed by atoms with Crippen LogP contribution in [0.3, 0.4) is 0 Å². The van der Waals surface area contributed by atoms with Crippen LogP contribution in [0, 0.1) is 0 Å². The summed E-state index contributed by atoms with van der Waals surface area (Å²) in [6, 6.07) is 21.2. The summed E-state index contributed by atoms with van der Waals surface area (Å²) in [5.41, 5.74) is 4.00. The highest BCUT2D eigenvalue weighted by Gasteiger charge is 2.30. The Morgan fingerprint density at radius 2 is 1.61 bits per heavy atom. The number of anilines is 2. The van der Waals surface area contributed by atoms with Crippen molar-refractivity contribution in [3.05, 3.63) is 113 Å². The Hall–Kier alpha value is -4.84.